The second-order valence-corrected chi connectivity index (χ2v) is 6.27. The number of hydrogen-bond donors (Lipinski definition) is 0. The lowest BCUT2D eigenvalue weighted by atomic mass is 10.1. The van der Waals surface area contributed by atoms with Crippen molar-refractivity contribution in [2.24, 2.45) is 0 Å². The third-order valence-electron chi connectivity index (χ3n) is 3.62. The van der Waals surface area contributed by atoms with E-state index in [1.54, 1.807) is 17.1 Å². The van der Waals surface area contributed by atoms with E-state index in [2.05, 4.69) is 20.9 Å². The maximum absolute atomic E-state index is 12.3. The van der Waals surface area contributed by atoms with E-state index in [0.717, 1.165) is 15.7 Å². The van der Waals surface area contributed by atoms with Crippen LogP contribution < -0.4 is 4.57 Å². The van der Waals surface area contributed by atoms with Crippen LogP contribution in [0.1, 0.15) is 10.4 Å². The quantitative estimate of drug-likeness (QED) is 0.238. The number of benzene rings is 2. The number of aromatic nitrogens is 2. The van der Waals surface area contributed by atoms with Gasteiger partial charge in [-0.2, -0.15) is 0 Å². The Labute approximate surface area is 168 Å². The van der Waals surface area contributed by atoms with Crippen molar-refractivity contribution >= 4 is 44.4 Å². The fraction of sp³-hybridized carbons (Fsp3) is 0.0556. The van der Waals surface area contributed by atoms with Gasteiger partial charge in [0.25, 0.3) is 12.0 Å². The van der Waals surface area contributed by atoms with Crippen molar-refractivity contribution in [1.82, 2.24) is 4.98 Å². The maximum atomic E-state index is 12.3. The number of ketones is 1. The standard InChI is InChI=1S/C18H13BrN3O3.BrH/c19-15-3-1-2-14(10-15)17-8-9-21(12-20-17)11-18(23)13-4-6-16(7-5-13)22(24)25;/h1-10,12H,11H2;1H/q+1;. The number of halogens is 2. The van der Waals surface area contributed by atoms with E-state index in [9.17, 15) is 14.9 Å². The molecule has 26 heavy (non-hydrogen) atoms. The van der Waals surface area contributed by atoms with E-state index in [0.29, 0.717) is 5.56 Å². The molecule has 0 aliphatic heterocycles. The smallest absolute Gasteiger partial charge is 0.287 e. The molecule has 2 aromatic carbocycles. The minimum absolute atomic E-state index is 0. The number of Topliss-reactive ketones (excluding diaryl/α,β-unsaturated/α-hetero) is 1. The highest BCUT2D eigenvalue weighted by molar-refractivity contribution is 9.10. The van der Waals surface area contributed by atoms with Crippen molar-refractivity contribution in [3.63, 3.8) is 0 Å². The molecule has 3 aromatic rings. The van der Waals surface area contributed by atoms with Gasteiger partial charge in [0.15, 0.2) is 12.2 Å². The molecule has 0 bridgehead atoms. The van der Waals surface area contributed by atoms with Crippen LogP contribution in [-0.2, 0) is 6.54 Å². The Morgan fingerprint density at radius 2 is 1.88 bits per heavy atom. The van der Waals surface area contributed by atoms with Gasteiger partial charge >= 0.3 is 0 Å². The van der Waals surface area contributed by atoms with Gasteiger partial charge in [-0.3, -0.25) is 14.9 Å². The number of non-ortho nitro benzene ring substituents is 1. The minimum atomic E-state index is -0.492. The van der Waals surface area contributed by atoms with Crippen molar-refractivity contribution in [1.29, 1.82) is 0 Å². The molecule has 1 heterocycles. The summed E-state index contributed by atoms with van der Waals surface area (Å²) in [4.78, 5) is 26.8. The highest BCUT2D eigenvalue weighted by atomic mass is 79.9. The first-order valence-electron chi connectivity index (χ1n) is 7.41. The fourth-order valence-corrected chi connectivity index (χ4v) is 2.72. The Kier molecular flexibility index (Phi) is 6.70. The van der Waals surface area contributed by atoms with Gasteiger partial charge in [-0.1, -0.05) is 28.1 Å². The molecule has 8 heteroatoms. The molecule has 0 amide bonds. The summed E-state index contributed by atoms with van der Waals surface area (Å²) >= 11 is 3.43. The summed E-state index contributed by atoms with van der Waals surface area (Å²) in [6, 6.07) is 15.2. The predicted octanol–water partition coefficient (Wildman–Crippen LogP) is 4.17. The molecule has 0 unspecified atom stereocenters. The van der Waals surface area contributed by atoms with E-state index in [-0.39, 0.29) is 35.0 Å². The van der Waals surface area contributed by atoms with Crippen molar-refractivity contribution in [2.45, 2.75) is 6.54 Å². The second kappa shape index (κ2) is 8.77. The third kappa shape index (κ3) is 4.80. The fourth-order valence-electron chi connectivity index (χ4n) is 2.32. The molecular formula is C18H14Br2N3O3+. The Balaban J connectivity index is 0.00000243. The highest BCUT2D eigenvalue weighted by Gasteiger charge is 2.13. The van der Waals surface area contributed by atoms with E-state index in [1.165, 1.54) is 24.3 Å². The summed E-state index contributed by atoms with van der Waals surface area (Å²) in [6.45, 7) is 0.115. The van der Waals surface area contributed by atoms with Gasteiger partial charge in [0, 0.05) is 33.8 Å². The van der Waals surface area contributed by atoms with Crippen LogP contribution in [0.4, 0.5) is 5.69 Å². The Hall–Kier alpha value is -2.45. The SMILES string of the molecule is Br.O=C(C[n+]1ccc(-c2cccc(Br)c2)nc1)c1ccc([N+](=O)[O-])cc1. The summed E-state index contributed by atoms with van der Waals surface area (Å²) in [7, 11) is 0. The van der Waals surface area contributed by atoms with Crippen molar-refractivity contribution in [3.8, 4) is 11.3 Å². The highest BCUT2D eigenvalue weighted by Crippen LogP contribution is 2.20. The van der Waals surface area contributed by atoms with Crippen LogP contribution in [-0.4, -0.2) is 15.7 Å². The number of rotatable bonds is 5. The Morgan fingerprint density at radius 1 is 1.15 bits per heavy atom. The lowest BCUT2D eigenvalue weighted by molar-refractivity contribution is -0.686. The molecule has 1 aromatic heterocycles. The molecule has 0 aliphatic carbocycles. The largest absolute Gasteiger partial charge is 0.290 e. The van der Waals surface area contributed by atoms with Crippen molar-refractivity contribution < 1.29 is 14.3 Å². The molecule has 3 rings (SSSR count). The van der Waals surface area contributed by atoms with Crippen LogP contribution in [0.2, 0.25) is 0 Å². The minimum Gasteiger partial charge on any atom is -0.290 e. The predicted molar refractivity (Wildman–Crippen MR) is 105 cm³/mol. The normalized spacial score (nSPS) is 10.0. The topological polar surface area (TPSA) is 77.0 Å². The third-order valence-corrected chi connectivity index (χ3v) is 4.11. The van der Waals surface area contributed by atoms with Gasteiger partial charge in [-0.15, -0.1) is 17.0 Å². The zero-order valence-corrected chi connectivity index (χ0v) is 16.7. The zero-order valence-electron chi connectivity index (χ0n) is 13.4. The van der Waals surface area contributed by atoms with E-state index >= 15 is 0 Å². The van der Waals surface area contributed by atoms with Crippen molar-refractivity contribution in [2.75, 3.05) is 0 Å². The lowest BCUT2D eigenvalue weighted by Gasteiger charge is -2.01. The summed E-state index contributed by atoms with van der Waals surface area (Å²) in [5, 5.41) is 10.6. The molecule has 0 radical (unpaired) electrons. The monoisotopic (exact) mass is 478 g/mol. The van der Waals surface area contributed by atoms with E-state index in [1.807, 2.05) is 30.3 Å². The van der Waals surface area contributed by atoms with Gasteiger partial charge in [-0.25, -0.2) is 4.57 Å². The van der Waals surface area contributed by atoms with Crippen LogP contribution in [0.5, 0.6) is 0 Å². The van der Waals surface area contributed by atoms with Crippen LogP contribution in [0.25, 0.3) is 11.3 Å². The molecule has 0 aliphatic rings. The summed E-state index contributed by atoms with van der Waals surface area (Å²) in [6.07, 6.45) is 3.38. The number of hydrogen-bond acceptors (Lipinski definition) is 4. The molecule has 0 N–H and O–H groups in total. The first-order valence-corrected chi connectivity index (χ1v) is 8.21. The summed E-state index contributed by atoms with van der Waals surface area (Å²) in [5.74, 6) is -0.142. The lowest BCUT2D eigenvalue weighted by Crippen LogP contribution is -2.37. The first-order chi connectivity index (χ1) is 12.0. The first kappa shape index (κ1) is 19.9. The molecule has 0 spiro atoms. The molecular weight excluding hydrogens is 466 g/mol. The van der Waals surface area contributed by atoms with Gasteiger partial charge in [0.1, 0.15) is 0 Å². The molecule has 0 saturated carbocycles. The van der Waals surface area contributed by atoms with Crippen LogP contribution in [0.15, 0.2) is 71.6 Å². The van der Waals surface area contributed by atoms with Crippen LogP contribution in [0, 0.1) is 10.1 Å². The second-order valence-electron chi connectivity index (χ2n) is 5.36. The van der Waals surface area contributed by atoms with Gasteiger partial charge in [-0.05, 0) is 29.2 Å². The molecule has 0 fully saturated rings. The number of nitro benzene ring substituents is 1. The van der Waals surface area contributed by atoms with Crippen molar-refractivity contribution in [3.05, 3.63) is 87.3 Å². The molecule has 132 valence electrons. The summed E-state index contributed by atoms with van der Waals surface area (Å²) in [5.41, 5.74) is 2.17. The number of carbonyl (C=O) groups excluding carboxylic acids is 1. The molecule has 6 nitrogen and oxygen atoms in total. The van der Waals surface area contributed by atoms with E-state index < -0.39 is 4.92 Å². The summed E-state index contributed by atoms with van der Waals surface area (Å²) < 4.78 is 2.64. The number of carbonyl (C=O) groups is 1. The van der Waals surface area contributed by atoms with Gasteiger partial charge in [0.05, 0.1) is 11.1 Å². The van der Waals surface area contributed by atoms with E-state index in [4.69, 9.17) is 0 Å². The number of nitro groups is 1. The Morgan fingerprint density at radius 3 is 2.46 bits per heavy atom. The molecule has 0 atom stereocenters. The van der Waals surface area contributed by atoms with Gasteiger partial charge in [0.2, 0.25) is 5.78 Å². The van der Waals surface area contributed by atoms with Crippen LogP contribution in [0.3, 0.4) is 0 Å². The van der Waals surface area contributed by atoms with Gasteiger partial charge < -0.3 is 0 Å². The van der Waals surface area contributed by atoms with Crippen LogP contribution >= 0.6 is 32.9 Å². The maximum Gasteiger partial charge on any atom is 0.287 e. The Bertz CT molecular complexity index is 929. The zero-order chi connectivity index (χ0) is 17.8. The average molecular weight is 480 g/mol. The number of nitrogens with zero attached hydrogens (tertiary/aromatic N) is 3. The molecule has 0 saturated heterocycles. The average Bonchev–Trinajstić information content (AvgIpc) is 2.62.